The largest absolute Gasteiger partial charge is 0.490 e. The average molecular weight is 395 g/mol. The summed E-state index contributed by atoms with van der Waals surface area (Å²) in [7, 11) is -0.509. The Morgan fingerprint density at radius 2 is 1.81 bits per heavy atom. The molecule has 0 unspecified atom stereocenters. The number of hydrogen-bond donors (Lipinski definition) is 0. The van der Waals surface area contributed by atoms with Crippen molar-refractivity contribution in [3.8, 4) is 5.75 Å². The van der Waals surface area contributed by atoms with E-state index < -0.39 is 10.0 Å². The van der Waals surface area contributed by atoms with Crippen LogP contribution in [0.1, 0.15) is 17.8 Å². The summed E-state index contributed by atoms with van der Waals surface area (Å²) in [6.45, 7) is 4.62. The predicted molar refractivity (Wildman–Crippen MR) is 100 cm³/mol. The molecule has 1 heterocycles. The summed E-state index contributed by atoms with van der Waals surface area (Å²) in [4.78, 5) is 12.0. The van der Waals surface area contributed by atoms with Gasteiger partial charge in [-0.15, -0.1) is 0 Å². The van der Waals surface area contributed by atoms with E-state index in [1.165, 1.54) is 26.2 Å². The fraction of sp³-hybridized carbons (Fsp3) is 0.444. The Morgan fingerprint density at radius 1 is 1.15 bits per heavy atom. The van der Waals surface area contributed by atoms with Gasteiger partial charge in [-0.3, -0.25) is 9.48 Å². The minimum atomic E-state index is -3.46. The van der Waals surface area contributed by atoms with Crippen LogP contribution in [0.5, 0.6) is 5.75 Å². The molecule has 2 rings (SSSR count). The summed E-state index contributed by atoms with van der Waals surface area (Å²) in [5.41, 5.74) is 1.92. The van der Waals surface area contributed by atoms with Gasteiger partial charge >= 0.3 is 5.97 Å². The number of sulfonamides is 1. The predicted octanol–water partition coefficient (Wildman–Crippen LogP) is 1.76. The van der Waals surface area contributed by atoms with E-state index in [-0.39, 0.29) is 30.5 Å². The standard InChI is InChI=1S/C18H25N3O5S/c1-14-13-15(2)21(19-14)10-9-18(22)26-12-11-25-16-5-7-17(8-6-16)27(23,24)20(3)4/h5-8,13H,9-12H2,1-4H3. The zero-order valence-corrected chi connectivity index (χ0v) is 16.8. The fourth-order valence-electron chi connectivity index (χ4n) is 2.40. The summed E-state index contributed by atoms with van der Waals surface area (Å²) < 4.78 is 37.5. The SMILES string of the molecule is Cc1cc(C)n(CCC(=O)OCCOc2ccc(S(=O)(=O)N(C)C)cc2)n1. The maximum Gasteiger partial charge on any atom is 0.307 e. The summed E-state index contributed by atoms with van der Waals surface area (Å²) in [5, 5.41) is 4.29. The monoisotopic (exact) mass is 395 g/mol. The van der Waals surface area contributed by atoms with E-state index in [4.69, 9.17) is 9.47 Å². The highest BCUT2D eigenvalue weighted by molar-refractivity contribution is 7.89. The summed E-state index contributed by atoms with van der Waals surface area (Å²) in [5.74, 6) is 0.185. The Balaban J connectivity index is 1.72. The fourth-order valence-corrected chi connectivity index (χ4v) is 3.31. The van der Waals surface area contributed by atoms with Crippen LogP contribution < -0.4 is 4.74 Å². The Morgan fingerprint density at radius 3 is 2.37 bits per heavy atom. The first-order chi connectivity index (χ1) is 12.7. The third-order valence-electron chi connectivity index (χ3n) is 3.85. The molecule has 0 aliphatic rings. The first-order valence-corrected chi connectivity index (χ1v) is 9.96. The van der Waals surface area contributed by atoms with Gasteiger partial charge < -0.3 is 9.47 Å². The van der Waals surface area contributed by atoms with Gasteiger partial charge in [-0.25, -0.2) is 12.7 Å². The number of ether oxygens (including phenoxy) is 2. The van der Waals surface area contributed by atoms with Crippen molar-refractivity contribution in [3.05, 3.63) is 41.7 Å². The minimum Gasteiger partial charge on any atom is -0.490 e. The first-order valence-electron chi connectivity index (χ1n) is 8.52. The van der Waals surface area contributed by atoms with E-state index in [2.05, 4.69) is 5.10 Å². The van der Waals surface area contributed by atoms with Crippen molar-refractivity contribution in [1.29, 1.82) is 0 Å². The van der Waals surface area contributed by atoms with Crippen molar-refractivity contribution < 1.29 is 22.7 Å². The summed E-state index contributed by atoms with van der Waals surface area (Å²) in [6.07, 6.45) is 0.235. The van der Waals surface area contributed by atoms with Crippen molar-refractivity contribution in [1.82, 2.24) is 14.1 Å². The highest BCUT2D eigenvalue weighted by atomic mass is 32.2. The number of esters is 1. The number of hydrogen-bond acceptors (Lipinski definition) is 6. The Kier molecular flexibility index (Phi) is 6.98. The van der Waals surface area contributed by atoms with Gasteiger partial charge in [0.05, 0.1) is 23.6 Å². The second-order valence-electron chi connectivity index (χ2n) is 6.23. The van der Waals surface area contributed by atoms with E-state index in [0.29, 0.717) is 12.3 Å². The topological polar surface area (TPSA) is 90.7 Å². The van der Waals surface area contributed by atoms with Gasteiger partial charge in [0.15, 0.2) is 0 Å². The van der Waals surface area contributed by atoms with E-state index in [1.807, 2.05) is 19.9 Å². The zero-order chi connectivity index (χ0) is 20.0. The molecule has 0 aliphatic heterocycles. The molecule has 9 heteroatoms. The second kappa shape index (κ2) is 9.01. The summed E-state index contributed by atoms with van der Waals surface area (Å²) >= 11 is 0. The minimum absolute atomic E-state index is 0.119. The van der Waals surface area contributed by atoms with Gasteiger partial charge in [0, 0.05) is 19.8 Å². The van der Waals surface area contributed by atoms with E-state index in [0.717, 1.165) is 15.7 Å². The second-order valence-corrected chi connectivity index (χ2v) is 8.38. The molecule has 148 valence electrons. The van der Waals surface area contributed by atoms with Gasteiger partial charge in [-0.1, -0.05) is 0 Å². The molecule has 0 saturated carbocycles. The Labute approximate surface area is 159 Å². The number of nitrogens with zero attached hydrogens (tertiary/aromatic N) is 3. The first kappa shape index (κ1) is 20.9. The zero-order valence-electron chi connectivity index (χ0n) is 16.0. The van der Waals surface area contributed by atoms with Crippen LogP contribution in [0.25, 0.3) is 0 Å². The Hall–Kier alpha value is -2.39. The number of rotatable bonds is 9. The molecule has 0 atom stereocenters. The molecule has 0 amide bonds. The number of carbonyl (C=O) groups excluding carboxylic acids is 1. The van der Waals surface area contributed by atoms with Gasteiger partial charge in [0.1, 0.15) is 19.0 Å². The quantitative estimate of drug-likeness (QED) is 0.475. The van der Waals surface area contributed by atoms with Gasteiger partial charge in [-0.2, -0.15) is 5.10 Å². The molecule has 0 bridgehead atoms. The maximum absolute atomic E-state index is 12.0. The van der Waals surface area contributed by atoms with E-state index >= 15 is 0 Å². The summed E-state index contributed by atoms with van der Waals surface area (Å²) in [6, 6.07) is 8.05. The van der Waals surface area contributed by atoms with Crippen molar-refractivity contribution >= 4 is 16.0 Å². The number of benzene rings is 1. The van der Waals surface area contributed by atoms with Crippen LogP contribution in [0.3, 0.4) is 0 Å². The molecule has 0 saturated heterocycles. The third kappa shape index (κ3) is 5.80. The molecule has 0 radical (unpaired) electrons. The van der Waals surface area contributed by atoms with E-state index in [9.17, 15) is 13.2 Å². The van der Waals surface area contributed by atoms with Crippen LogP contribution in [0.2, 0.25) is 0 Å². The normalized spacial score (nSPS) is 11.6. The lowest BCUT2D eigenvalue weighted by atomic mass is 10.3. The molecular weight excluding hydrogens is 370 g/mol. The maximum atomic E-state index is 12.0. The van der Waals surface area contributed by atoms with Crippen LogP contribution in [-0.2, 0) is 26.1 Å². The lowest BCUT2D eigenvalue weighted by Gasteiger charge is -2.12. The van der Waals surface area contributed by atoms with Crippen molar-refractivity contribution in [2.24, 2.45) is 0 Å². The van der Waals surface area contributed by atoms with Crippen LogP contribution in [-0.4, -0.2) is 55.8 Å². The highest BCUT2D eigenvalue weighted by Gasteiger charge is 2.16. The van der Waals surface area contributed by atoms with Crippen LogP contribution in [0.15, 0.2) is 35.2 Å². The molecule has 8 nitrogen and oxygen atoms in total. The van der Waals surface area contributed by atoms with Crippen molar-refractivity contribution in [2.45, 2.75) is 31.7 Å². The lowest BCUT2D eigenvalue weighted by molar-refractivity contribution is -0.144. The molecular formula is C18H25N3O5S. The smallest absolute Gasteiger partial charge is 0.307 e. The Bertz CT molecular complexity index is 873. The number of aryl methyl sites for hydroxylation is 3. The molecule has 1 aromatic carbocycles. The average Bonchev–Trinajstić information content (AvgIpc) is 2.94. The number of aromatic nitrogens is 2. The van der Waals surface area contributed by atoms with Gasteiger partial charge in [0.2, 0.25) is 10.0 Å². The molecule has 1 aromatic heterocycles. The lowest BCUT2D eigenvalue weighted by Crippen LogP contribution is -2.22. The molecule has 27 heavy (non-hydrogen) atoms. The number of carbonyl (C=O) groups is 1. The van der Waals surface area contributed by atoms with Crippen LogP contribution >= 0.6 is 0 Å². The molecule has 0 aliphatic carbocycles. The molecule has 0 spiro atoms. The molecule has 0 fully saturated rings. The van der Waals surface area contributed by atoms with Crippen molar-refractivity contribution in [3.63, 3.8) is 0 Å². The van der Waals surface area contributed by atoms with Crippen LogP contribution in [0.4, 0.5) is 0 Å². The van der Waals surface area contributed by atoms with Crippen molar-refractivity contribution in [2.75, 3.05) is 27.3 Å². The van der Waals surface area contributed by atoms with Crippen LogP contribution in [0, 0.1) is 13.8 Å². The molecule has 0 N–H and O–H groups in total. The third-order valence-corrected chi connectivity index (χ3v) is 5.68. The van der Waals surface area contributed by atoms with Gasteiger partial charge in [0.25, 0.3) is 0 Å². The molecule has 2 aromatic rings. The van der Waals surface area contributed by atoms with Gasteiger partial charge in [-0.05, 0) is 44.2 Å². The van der Waals surface area contributed by atoms with E-state index in [1.54, 1.807) is 16.8 Å². The highest BCUT2D eigenvalue weighted by Crippen LogP contribution is 2.18.